The number of pyridine rings is 1. The van der Waals surface area contributed by atoms with Gasteiger partial charge in [-0.3, -0.25) is 0 Å². The summed E-state index contributed by atoms with van der Waals surface area (Å²) in [6, 6.07) is 6.68. The monoisotopic (exact) mass is 424 g/mol. The maximum absolute atomic E-state index is 14.2. The molecule has 2 aromatic rings. The van der Waals surface area contributed by atoms with Gasteiger partial charge < -0.3 is 10.0 Å². The molecule has 2 heterocycles. The second-order valence-electron chi connectivity index (χ2n) is 5.98. The molecule has 1 fully saturated rings. The first-order valence-corrected chi connectivity index (χ1v) is 9.89. The average molecular weight is 425 g/mol. The van der Waals surface area contributed by atoms with Crippen LogP contribution in [0.15, 0.2) is 35.4 Å². The van der Waals surface area contributed by atoms with E-state index in [9.17, 15) is 17.6 Å². The number of carbonyl (C=O) groups is 1. The van der Waals surface area contributed by atoms with Crippen LogP contribution in [0.1, 0.15) is 15.9 Å². The van der Waals surface area contributed by atoms with E-state index in [-0.39, 0.29) is 18.1 Å². The molecule has 1 N–H and O–H groups in total. The summed E-state index contributed by atoms with van der Waals surface area (Å²) >= 11 is 5.68. The molecule has 1 aromatic heterocycles. The first kappa shape index (κ1) is 20.0. The highest BCUT2D eigenvalue weighted by molar-refractivity contribution is 7.89. The van der Waals surface area contributed by atoms with Crippen molar-refractivity contribution < 1.29 is 22.7 Å². The first-order chi connectivity index (χ1) is 13.2. The van der Waals surface area contributed by atoms with Crippen LogP contribution < -0.4 is 4.90 Å². The van der Waals surface area contributed by atoms with E-state index in [1.54, 1.807) is 12.1 Å². The molecule has 1 saturated heterocycles. The SMILES string of the molecule is N#Cc1ccc(N2CCN(S(=O)(=O)c3cc(C(=O)O)c(Cl)cc3F)CC2)nc1. The summed E-state index contributed by atoms with van der Waals surface area (Å²) in [5, 5.41) is 17.5. The first-order valence-electron chi connectivity index (χ1n) is 8.07. The van der Waals surface area contributed by atoms with Gasteiger partial charge in [-0.1, -0.05) is 11.6 Å². The van der Waals surface area contributed by atoms with E-state index in [1.807, 2.05) is 11.0 Å². The molecule has 28 heavy (non-hydrogen) atoms. The molecule has 0 aliphatic carbocycles. The fraction of sp³-hybridized carbons (Fsp3) is 0.235. The van der Waals surface area contributed by atoms with Gasteiger partial charge in [-0.25, -0.2) is 22.6 Å². The van der Waals surface area contributed by atoms with Crippen LogP contribution in [0.3, 0.4) is 0 Å². The predicted octanol–water partition coefficient (Wildman–Crippen LogP) is 1.95. The number of sulfonamides is 1. The number of carboxylic acid groups (broad SMARTS) is 1. The summed E-state index contributed by atoms with van der Waals surface area (Å²) in [6.07, 6.45) is 1.43. The second-order valence-corrected chi connectivity index (χ2v) is 8.29. The summed E-state index contributed by atoms with van der Waals surface area (Å²) < 4.78 is 40.9. The molecule has 0 atom stereocenters. The van der Waals surface area contributed by atoms with Crippen LogP contribution in [0, 0.1) is 17.1 Å². The number of carboxylic acids is 1. The molecule has 0 unspecified atom stereocenters. The van der Waals surface area contributed by atoms with Crippen LogP contribution in [0.25, 0.3) is 0 Å². The quantitative estimate of drug-likeness (QED) is 0.797. The highest BCUT2D eigenvalue weighted by atomic mass is 35.5. The van der Waals surface area contributed by atoms with E-state index < -0.39 is 32.3 Å². The number of hydrogen-bond donors (Lipinski definition) is 1. The number of nitrogens with zero attached hydrogens (tertiary/aromatic N) is 4. The van der Waals surface area contributed by atoms with Crippen LogP contribution in [0.4, 0.5) is 10.2 Å². The molecule has 1 aliphatic rings. The zero-order valence-electron chi connectivity index (χ0n) is 14.3. The van der Waals surface area contributed by atoms with Crippen LogP contribution >= 0.6 is 11.6 Å². The van der Waals surface area contributed by atoms with Crippen LogP contribution in [0.2, 0.25) is 5.02 Å². The fourth-order valence-corrected chi connectivity index (χ4v) is 4.55. The number of anilines is 1. The molecule has 0 radical (unpaired) electrons. The standard InChI is InChI=1S/C17H14ClFN4O4S/c18-13-8-14(19)15(7-12(13)17(24)25)28(26,27)23-5-3-22(4-6-23)16-2-1-11(9-20)10-21-16/h1-2,7-8,10H,3-6H2,(H,24,25). The molecule has 11 heteroatoms. The molecule has 0 amide bonds. The van der Waals surface area contributed by atoms with Gasteiger partial charge in [0.1, 0.15) is 22.6 Å². The van der Waals surface area contributed by atoms with Gasteiger partial charge in [0.25, 0.3) is 0 Å². The van der Waals surface area contributed by atoms with E-state index >= 15 is 0 Å². The molecular formula is C17H14ClFN4O4S. The van der Waals surface area contributed by atoms with Crippen molar-refractivity contribution in [1.29, 1.82) is 5.26 Å². The van der Waals surface area contributed by atoms with Crippen molar-refractivity contribution in [2.75, 3.05) is 31.1 Å². The van der Waals surface area contributed by atoms with Gasteiger partial charge >= 0.3 is 5.97 Å². The van der Waals surface area contributed by atoms with Crippen molar-refractivity contribution in [3.05, 3.63) is 52.4 Å². The Bertz CT molecular complexity index is 1060. The number of aromatic nitrogens is 1. The maximum atomic E-state index is 14.2. The average Bonchev–Trinajstić information content (AvgIpc) is 2.67. The number of piperazine rings is 1. The van der Waals surface area contributed by atoms with Gasteiger partial charge in [-0.15, -0.1) is 0 Å². The number of aromatic carboxylic acids is 1. The zero-order chi connectivity index (χ0) is 20.5. The van der Waals surface area contributed by atoms with E-state index in [0.717, 1.165) is 10.4 Å². The normalized spacial score (nSPS) is 15.2. The second kappa shape index (κ2) is 7.71. The molecule has 0 saturated carbocycles. The molecule has 146 valence electrons. The van der Waals surface area contributed by atoms with Gasteiger partial charge in [0, 0.05) is 32.4 Å². The lowest BCUT2D eigenvalue weighted by molar-refractivity contribution is 0.0696. The minimum atomic E-state index is -4.24. The molecule has 8 nitrogen and oxygen atoms in total. The summed E-state index contributed by atoms with van der Waals surface area (Å²) in [5.41, 5.74) is -0.0699. The zero-order valence-corrected chi connectivity index (χ0v) is 15.9. The predicted molar refractivity (Wildman–Crippen MR) is 98.3 cm³/mol. The number of benzene rings is 1. The van der Waals surface area contributed by atoms with Crippen LogP contribution in [-0.4, -0.2) is 55.0 Å². The minimum absolute atomic E-state index is 0.0640. The van der Waals surface area contributed by atoms with Gasteiger partial charge in [0.2, 0.25) is 10.0 Å². The Hall–Kier alpha value is -2.74. The highest BCUT2D eigenvalue weighted by Crippen LogP contribution is 2.27. The number of halogens is 2. The molecule has 0 bridgehead atoms. The molecule has 1 aliphatic heterocycles. The Morgan fingerprint density at radius 3 is 2.46 bits per heavy atom. The van der Waals surface area contributed by atoms with Crippen molar-refractivity contribution in [2.45, 2.75) is 4.90 Å². The Balaban J connectivity index is 1.80. The number of rotatable bonds is 4. The Kier molecular flexibility index (Phi) is 5.51. The van der Waals surface area contributed by atoms with Gasteiger partial charge in [-0.2, -0.15) is 9.57 Å². The van der Waals surface area contributed by atoms with E-state index in [2.05, 4.69) is 4.98 Å². The molecular weight excluding hydrogens is 411 g/mol. The van der Waals surface area contributed by atoms with Crippen LogP contribution in [-0.2, 0) is 10.0 Å². The third-order valence-electron chi connectivity index (χ3n) is 4.31. The third-order valence-corrected chi connectivity index (χ3v) is 6.54. The number of nitriles is 1. The van der Waals surface area contributed by atoms with Crippen LogP contribution in [0.5, 0.6) is 0 Å². The Morgan fingerprint density at radius 1 is 1.25 bits per heavy atom. The van der Waals surface area contributed by atoms with Crippen molar-refractivity contribution in [2.24, 2.45) is 0 Å². The Morgan fingerprint density at radius 2 is 1.93 bits per heavy atom. The van der Waals surface area contributed by atoms with Crippen molar-refractivity contribution in [1.82, 2.24) is 9.29 Å². The van der Waals surface area contributed by atoms with Gasteiger partial charge in [0.05, 0.1) is 16.1 Å². The summed E-state index contributed by atoms with van der Waals surface area (Å²) in [5.74, 6) is -1.95. The molecule has 1 aromatic carbocycles. The topological polar surface area (TPSA) is 115 Å². The fourth-order valence-electron chi connectivity index (χ4n) is 2.83. The van der Waals surface area contributed by atoms with Crippen molar-refractivity contribution >= 4 is 33.4 Å². The highest BCUT2D eigenvalue weighted by Gasteiger charge is 2.32. The van der Waals surface area contributed by atoms with Crippen molar-refractivity contribution in [3.63, 3.8) is 0 Å². The summed E-state index contributed by atoms with van der Waals surface area (Å²) in [6.45, 7) is 0.737. The van der Waals surface area contributed by atoms with E-state index in [1.165, 1.54) is 6.20 Å². The lowest BCUT2D eigenvalue weighted by atomic mass is 10.2. The number of hydrogen-bond acceptors (Lipinski definition) is 6. The molecule has 0 spiro atoms. The largest absolute Gasteiger partial charge is 0.478 e. The molecule has 3 rings (SSSR count). The Labute approximate surface area is 165 Å². The van der Waals surface area contributed by atoms with Crippen molar-refractivity contribution in [3.8, 4) is 6.07 Å². The smallest absolute Gasteiger partial charge is 0.337 e. The lowest BCUT2D eigenvalue weighted by Crippen LogP contribution is -2.49. The van der Waals surface area contributed by atoms with Gasteiger partial charge in [-0.05, 0) is 24.3 Å². The lowest BCUT2D eigenvalue weighted by Gasteiger charge is -2.34. The summed E-state index contributed by atoms with van der Waals surface area (Å²) in [7, 11) is -4.24. The van der Waals surface area contributed by atoms with E-state index in [0.29, 0.717) is 30.5 Å². The summed E-state index contributed by atoms with van der Waals surface area (Å²) in [4.78, 5) is 16.5. The maximum Gasteiger partial charge on any atom is 0.337 e. The van der Waals surface area contributed by atoms with Gasteiger partial charge in [0.15, 0.2) is 0 Å². The van der Waals surface area contributed by atoms with E-state index in [4.69, 9.17) is 22.0 Å². The third kappa shape index (κ3) is 3.77. The minimum Gasteiger partial charge on any atom is -0.478 e.